The van der Waals surface area contributed by atoms with Crippen LogP contribution in [0.5, 0.6) is 0 Å². The molecule has 1 aromatic rings. The maximum atomic E-state index is 12.2. The smallest absolute Gasteiger partial charge is 0.237 e. The molecule has 1 heterocycles. The standard InChI is InChI=1S/C19H31N3O/c1-16(19(23)20-11-14-21(2)3)22-12-9-18(10-13-22)15-17-7-5-4-6-8-17/h4-8,16,18H,9-15H2,1-3H3,(H,20,23)/t16-/m1/s1. The third-order valence-electron chi connectivity index (χ3n) is 4.80. The van der Waals surface area contributed by atoms with E-state index in [-0.39, 0.29) is 11.9 Å². The van der Waals surface area contributed by atoms with Gasteiger partial charge in [0.1, 0.15) is 0 Å². The van der Waals surface area contributed by atoms with Gasteiger partial charge in [0.05, 0.1) is 6.04 Å². The van der Waals surface area contributed by atoms with Crippen LogP contribution in [0.1, 0.15) is 25.3 Å². The highest BCUT2D eigenvalue weighted by Crippen LogP contribution is 2.22. The van der Waals surface area contributed by atoms with Crippen molar-refractivity contribution in [3.05, 3.63) is 35.9 Å². The Hall–Kier alpha value is -1.39. The van der Waals surface area contributed by atoms with E-state index in [1.54, 1.807) is 0 Å². The van der Waals surface area contributed by atoms with E-state index in [9.17, 15) is 4.79 Å². The molecule has 0 unspecified atom stereocenters. The molecule has 0 aromatic heterocycles. The summed E-state index contributed by atoms with van der Waals surface area (Å²) in [6, 6.07) is 10.7. The van der Waals surface area contributed by atoms with Crippen LogP contribution in [-0.2, 0) is 11.2 Å². The molecule has 1 aliphatic rings. The summed E-state index contributed by atoms with van der Waals surface area (Å²) in [5, 5.41) is 3.04. The lowest BCUT2D eigenvalue weighted by atomic mass is 9.89. The number of carbonyl (C=O) groups excluding carboxylic acids is 1. The van der Waals surface area contributed by atoms with Crippen LogP contribution in [0.3, 0.4) is 0 Å². The number of hydrogen-bond acceptors (Lipinski definition) is 3. The monoisotopic (exact) mass is 317 g/mol. The molecule has 4 nitrogen and oxygen atoms in total. The number of benzene rings is 1. The Morgan fingerprint density at radius 3 is 2.52 bits per heavy atom. The van der Waals surface area contributed by atoms with Crippen LogP contribution in [0.25, 0.3) is 0 Å². The molecule has 1 saturated heterocycles. The Morgan fingerprint density at radius 2 is 1.91 bits per heavy atom. The number of nitrogens with zero attached hydrogens (tertiary/aromatic N) is 2. The summed E-state index contributed by atoms with van der Waals surface area (Å²) in [6.07, 6.45) is 3.53. The summed E-state index contributed by atoms with van der Waals surface area (Å²) in [5.74, 6) is 0.908. The van der Waals surface area contributed by atoms with E-state index in [2.05, 4.69) is 45.4 Å². The molecule has 23 heavy (non-hydrogen) atoms. The molecule has 4 heteroatoms. The van der Waals surface area contributed by atoms with Gasteiger partial charge in [0.15, 0.2) is 0 Å². The zero-order chi connectivity index (χ0) is 16.7. The van der Waals surface area contributed by atoms with Crippen LogP contribution in [0.2, 0.25) is 0 Å². The Bertz CT molecular complexity index is 467. The number of piperidine rings is 1. The first-order valence-corrected chi connectivity index (χ1v) is 8.76. The third kappa shape index (κ3) is 5.96. The summed E-state index contributed by atoms with van der Waals surface area (Å²) in [4.78, 5) is 16.6. The van der Waals surface area contributed by atoms with E-state index in [4.69, 9.17) is 0 Å². The van der Waals surface area contributed by atoms with Gasteiger partial charge < -0.3 is 10.2 Å². The van der Waals surface area contributed by atoms with E-state index >= 15 is 0 Å². The molecule has 0 aliphatic carbocycles. The van der Waals surface area contributed by atoms with Gasteiger partial charge in [-0.15, -0.1) is 0 Å². The molecule has 2 rings (SSSR count). The number of amides is 1. The van der Waals surface area contributed by atoms with E-state index in [1.807, 2.05) is 21.0 Å². The van der Waals surface area contributed by atoms with Crippen molar-refractivity contribution in [3.8, 4) is 0 Å². The highest BCUT2D eigenvalue weighted by atomic mass is 16.2. The highest BCUT2D eigenvalue weighted by molar-refractivity contribution is 5.81. The van der Waals surface area contributed by atoms with Crippen LogP contribution < -0.4 is 5.32 Å². The zero-order valence-electron chi connectivity index (χ0n) is 14.8. The average Bonchev–Trinajstić information content (AvgIpc) is 2.55. The van der Waals surface area contributed by atoms with Crippen LogP contribution >= 0.6 is 0 Å². The van der Waals surface area contributed by atoms with E-state index in [1.165, 1.54) is 18.4 Å². The van der Waals surface area contributed by atoms with Crippen molar-refractivity contribution in [2.45, 2.75) is 32.2 Å². The Kier molecular flexibility index (Phi) is 7.06. The number of likely N-dealkylation sites (N-methyl/N-ethyl adjacent to an activating group) is 1. The average molecular weight is 317 g/mol. The van der Waals surface area contributed by atoms with Gasteiger partial charge in [-0.05, 0) is 64.9 Å². The van der Waals surface area contributed by atoms with Gasteiger partial charge in [0, 0.05) is 13.1 Å². The molecule has 1 aliphatic heterocycles. The number of likely N-dealkylation sites (tertiary alicyclic amines) is 1. The van der Waals surface area contributed by atoms with Gasteiger partial charge >= 0.3 is 0 Å². The van der Waals surface area contributed by atoms with Crippen molar-refractivity contribution < 1.29 is 4.79 Å². The lowest BCUT2D eigenvalue weighted by molar-refractivity contribution is -0.126. The van der Waals surface area contributed by atoms with Crippen molar-refractivity contribution in [2.75, 3.05) is 40.3 Å². The predicted molar refractivity (Wildman–Crippen MR) is 95.5 cm³/mol. The fraction of sp³-hybridized carbons (Fsp3) is 0.632. The number of rotatable bonds is 7. The second-order valence-electron chi connectivity index (χ2n) is 6.94. The minimum absolute atomic E-state index is 0.0187. The number of carbonyl (C=O) groups is 1. The Labute approximate surface area is 140 Å². The fourth-order valence-electron chi connectivity index (χ4n) is 3.21. The molecular weight excluding hydrogens is 286 g/mol. The summed E-state index contributed by atoms with van der Waals surface area (Å²) in [7, 11) is 4.04. The first-order valence-electron chi connectivity index (χ1n) is 8.76. The van der Waals surface area contributed by atoms with Gasteiger partial charge in [-0.1, -0.05) is 30.3 Å². The SMILES string of the molecule is C[C@H](C(=O)NCCN(C)C)N1CCC(Cc2ccccc2)CC1. The molecule has 1 aromatic carbocycles. The van der Waals surface area contributed by atoms with Crippen molar-refractivity contribution in [1.82, 2.24) is 15.1 Å². The zero-order valence-corrected chi connectivity index (χ0v) is 14.8. The topological polar surface area (TPSA) is 35.6 Å². The molecular formula is C19H31N3O. The Balaban J connectivity index is 1.71. The van der Waals surface area contributed by atoms with Gasteiger partial charge in [-0.2, -0.15) is 0 Å². The molecule has 1 N–H and O–H groups in total. The van der Waals surface area contributed by atoms with E-state index in [0.717, 1.165) is 38.5 Å². The fourth-order valence-corrected chi connectivity index (χ4v) is 3.21. The first kappa shape index (κ1) is 18.0. The summed E-state index contributed by atoms with van der Waals surface area (Å²) < 4.78 is 0. The van der Waals surface area contributed by atoms with Crippen molar-refractivity contribution in [3.63, 3.8) is 0 Å². The molecule has 0 saturated carbocycles. The van der Waals surface area contributed by atoms with E-state index in [0.29, 0.717) is 0 Å². The summed E-state index contributed by atoms with van der Waals surface area (Å²) >= 11 is 0. The van der Waals surface area contributed by atoms with Crippen molar-refractivity contribution in [2.24, 2.45) is 5.92 Å². The van der Waals surface area contributed by atoms with Gasteiger partial charge in [-0.25, -0.2) is 0 Å². The third-order valence-corrected chi connectivity index (χ3v) is 4.80. The minimum atomic E-state index is -0.0187. The predicted octanol–water partition coefficient (Wildman–Crippen LogP) is 2.01. The van der Waals surface area contributed by atoms with Crippen LogP contribution in [0, 0.1) is 5.92 Å². The molecule has 0 radical (unpaired) electrons. The van der Waals surface area contributed by atoms with E-state index < -0.39 is 0 Å². The second kappa shape index (κ2) is 9.04. The van der Waals surface area contributed by atoms with Crippen LogP contribution in [0.15, 0.2) is 30.3 Å². The normalized spacial score (nSPS) is 18.1. The summed E-state index contributed by atoms with van der Waals surface area (Å²) in [5.41, 5.74) is 1.43. The lowest BCUT2D eigenvalue weighted by Gasteiger charge is -2.35. The highest BCUT2D eigenvalue weighted by Gasteiger charge is 2.26. The maximum absolute atomic E-state index is 12.2. The largest absolute Gasteiger partial charge is 0.353 e. The quantitative estimate of drug-likeness (QED) is 0.835. The minimum Gasteiger partial charge on any atom is -0.353 e. The molecule has 0 spiro atoms. The van der Waals surface area contributed by atoms with Crippen molar-refractivity contribution >= 4 is 5.91 Å². The van der Waals surface area contributed by atoms with Gasteiger partial charge in [0.25, 0.3) is 0 Å². The first-order chi connectivity index (χ1) is 11.1. The Morgan fingerprint density at radius 1 is 1.26 bits per heavy atom. The van der Waals surface area contributed by atoms with Crippen LogP contribution in [-0.4, -0.2) is 62.0 Å². The second-order valence-corrected chi connectivity index (χ2v) is 6.94. The maximum Gasteiger partial charge on any atom is 0.237 e. The van der Waals surface area contributed by atoms with Crippen LogP contribution in [0.4, 0.5) is 0 Å². The molecule has 1 amide bonds. The van der Waals surface area contributed by atoms with Gasteiger partial charge in [0.2, 0.25) is 5.91 Å². The summed E-state index contributed by atoms with van der Waals surface area (Å²) in [6.45, 7) is 5.69. The number of nitrogens with one attached hydrogen (secondary N) is 1. The number of hydrogen-bond donors (Lipinski definition) is 1. The van der Waals surface area contributed by atoms with Gasteiger partial charge in [-0.3, -0.25) is 9.69 Å². The van der Waals surface area contributed by atoms with Crippen molar-refractivity contribution in [1.29, 1.82) is 0 Å². The lowest BCUT2D eigenvalue weighted by Crippen LogP contribution is -2.49. The molecule has 0 bridgehead atoms. The molecule has 1 fully saturated rings. The molecule has 128 valence electrons. The molecule has 1 atom stereocenters.